The van der Waals surface area contributed by atoms with Crippen molar-refractivity contribution in [3.8, 4) is 11.5 Å². The fraction of sp³-hybridized carbons (Fsp3) is 0.0952. The van der Waals surface area contributed by atoms with Gasteiger partial charge in [-0.15, -0.1) is 0 Å². The monoisotopic (exact) mass is 397 g/mol. The second-order valence-electron chi connectivity index (χ2n) is 5.89. The third kappa shape index (κ3) is 5.22. The summed E-state index contributed by atoms with van der Waals surface area (Å²) in [5.74, 6) is -1.95. The maximum Gasteiger partial charge on any atom is 0.458 e. The highest BCUT2D eigenvalue weighted by Crippen LogP contribution is 2.51. The van der Waals surface area contributed by atoms with Crippen molar-refractivity contribution >= 4 is 13.6 Å². The zero-order valence-corrected chi connectivity index (χ0v) is 15.9. The van der Waals surface area contributed by atoms with Gasteiger partial charge in [-0.3, -0.25) is 0 Å². The summed E-state index contributed by atoms with van der Waals surface area (Å²) < 4.78 is 29.7. The molecule has 0 aliphatic heterocycles. The molecule has 0 aliphatic carbocycles. The SMILES string of the molecule is NC(C(=O)OCc1ccccc1)P(=O)(Oc1ccccc1)Oc1ccccc1. The zero-order chi connectivity index (χ0) is 19.8. The van der Waals surface area contributed by atoms with Gasteiger partial charge in [0.25, 0.3) is 0 Å². The van der Waals surface area contributed by atoms with Crippen molar-refractivity contribution < 1.29 is 23.1 Å². The van der Waals surface area contributed by atoms with Crippen molar-refractivity contribution in [1.82, 2.24) is 0 Å². The number of benzene rings is 3. The van der Waals surface area contributed by atoms with Crippen LogP contribution in [0.4, 0.5) is 0 Å². The van der Waals surface area contributed by atoms with Gasteiger partial charge >= 0.3 is 13.6 Å². The van der Waals surface area contributed by atoms with Crippen LogP contribution in [0, 0.1) is 0 Å². The third-order valence-corrected chi connectivity index (χ3v) is 5.58. The van der Waals surface area contributed by atoms with Crippen LogP contribution in [-0.2, 0) is 20.7 Å². The van der Waals surface area contributed by atoms with E-state index in [2.05, 4.69) is 0 Å². The Labute approximate surface area is 163 Å². The smallest absolute Gasteiger partial charge is 0.458 e. The van der Waals surface area contributed by atoms with Crippen LogP contribution in [0.2, 0.25) is 0 Å². The number of hydrogen-bond acceptors (Lipinski definition) is 6. The van der Waals surface area contributed by atoms with Gasteiger partial charge in [-0.05, 0) is 29.8 Å². The Bertz CT molecular complexity index is 889. The van der Waals surface area contributed by atoms with Crippen molar-refractivity contribution in [2.45, 2.75) is 12.4 Å². The van der Waals surface area contributed by atoms with E-state index in [1.165, 1.54) is 0 Å². The molecule has 0 aromatic heterocycles. The van der Waals surface area contributed by atoms with Crippen molar-refractivity contribution in [2.75, 3.05) is 0 Å². The average molecular weight is 397 g/mol. The van der Waals surface area contributed by atoms with E-state index in [1.807, 2.05) is 18.2 Å². The van der Waals surface area contributed by atoms with E-state index in [0.29, 0.717) is 0 Å². The minimum absolute atomic E-state index is 0.00402. The first-order valence-electron chi connectivity index (χ1n) is 8.62. The minimum Gasteiger partial charge on any atom is -0.459 e. The van der Waals surface area contributed by atoms with E-state index >= 15 is 0 Å². The van der Waals surface area contributed by atoms with Gasteiger partial charge < -0.3 is 19.5 Å². The van der Waals surface area contributed by atoms with Crippen LogP contribution in [0.25, 0.3) is 0 Å². The van der Waals surface area contributed by atoms with E-state index in [-0.39, 0.29) is 18.1 Å². The standard InChI is InChI=1S/C21H20NO5P/c22-20(21(23)25-16-17-10-4-1-5-11-17)28(24,26-18-12-6-2-7-13-18)27-19-14-8-3-9-15-19/h1-15,20H,16,22H2. The number of esters is 1. The molecule has 3 rings (SSSR count). The highest BCUT2D eigenvalue weighted by Gasteiger charge is 2.43. The van der Waals surface area contributed by atoms with Gasteiger partial charge in [-0.25, -0.2) is 9.36 Å². The van der Waals surface area contributed by atoms with E-state index in [1.54, 1.807) is 72.8 Å². The molecule has 0 aliphatic rings. The molecular formula is C21H20NO5P. The summed E-state index contributed by atoms with van der Waals surface area (Å²) in [6.45, 7) is 0.00402. The van der Waals surface area contributed by atoms with Gasteiger partial charge in [0.15, 0.2) is 0 Å². The number of carbonyl (C=O) groups excluding carboxylic acids is 1. The molecular weight excluding hydrogens is 377 g/mol. The van der Waals surface area contributed by atoms with Gasteiger partial charge in [0, 0.05) is 0 Å². The summed E-state index contributed by atoms with van der Waals surface area (Å²) in [6, 6.07) is 25.9. The molecule has 3 aromatic carbocycles. The Hall–Kier alpha value is -3.08. The minimum atomic E-state index is -4.13. The number of rotatable bonds is 8. The maximum atomic E-state index is 13.4. The molecule has 0 fully saturated rings. The van der Waals surface area contributed by atoms with Crippen molar-refractivity contribution in [3.05, 3.63) is 96.6 Å². The molecule has 144 valence electrons. The van der Waals surface area contributed by atoms with Crippen molar-refractivity contribution in [2.24, 2.45) is 5.73 Å². The first-order valence-corrected chi connectivity index (χ1v) is 10.2. The number of para-hydroxylation sites is 2. The highest BCUT2D eigenvalue weighted by molar-refractivity contribution is 7.56. The van der Waals surface area contributed by atoms with Gasteiger partial charge in [0.05, 0.1) is 0 Å². The number of carbonyl (C=O) groups is 1. The molecule has 0 radical (unpaired) electrons. The molecule has 0 spiro atoms. The van der Waals surface area contributed by atoms with Crippen LogP contribution in [-0.4, -0.2) is 11.8 Å². The lowest BCUT2D eigenvalue weighted by Crippen LogP contribution is -2.35. The van der Waals surface area contributed by atoms with Crippen LogP contribution >= 0.6 is 7.60 Å². The Morgan fingerprint density at radius 2 is 1.21 bits per heavy atom. The topological polar surface area (TPSA) is 87.9 Å². The quantitative estimate of drug-likeness (QED) is 0.449. The summed E-state index contributed by atoms with van der Waals surface area (Å²) in [6.07, 6.45) is 0. The largest absolute Gasteiger partial charge is 0.459 e. The molecule has 1 unspecified atom stereocenters. The molecule has 0 saturated heterocycles. The summed E-state index contributed by atoms with van der Waals surface area (Å²) in [4.78, 5) is 12.5. The Kier molecular flexibility index (Phi) is 6.48. The lowest BCUT2D eigenvalue weighted by atomic mass is 10.2. The molecule has 28 heavy (non-hydrogen) atoms. The summed E-state index contributed by atoms with van der Waals surface area (Å²) >= 11 is 0. The van der Waals surface area contributed by atoms with Gasteiger partial charge in [0.2, 0.25) is 5.78 Å². The molecule has 6 nitrogen and oxygen atoms in total. The van der Waals surface area contributed by atoms with Crippen LogP contribution in [0.1, 0.15) is 5.56 Å². The number of ether oxygens (including phenoxy) is 1. The predicted octanol–water partition coefficient (Wildman–Crippen LogP) is 4.37. The lowest BCUT2D eigenvalue weighted by molar-refractivity contribution is -0.144. The molecule has 0 amide bonds. The number of hydrogen-bond donors (Lipinski definition) is 1. The molecule has 0 saturated carbocycles. The first kappa shape index (κ1) is 19.7. The molecule has 2 N–H and O–H groups in total. The summed E-state index contributed by atoms with van der Waals surface area (Å²) in [5, 5.41) is 0. The van der Waals surface area contributed by atoms with Crippen LogP contribution < -0.4 is 14.8 Å². The Balaban J connectivity index is 1.78. The number of nitrogens with two attached hydrogens (primary N) is 1. The second-order valence-corrected chi connectivity index (χ2v) is 7.89. The Morgan fingerprint density at radius 1 is 0.786 bits per heavy atom. The van der Waals surface area contributed by atoms with Crippen molar-refractivity contribution in [1.29, 1.82) is 0 Å². The molecule has 0 heterocycles. The highest BCUT2D eigenvalue weighted by atomic mass is 31.2. The van der Waals surface area contributed by atoms with E-state index in [9.17, 15) is 9.36 Å². The van der Waals surface area contributed by atoms with E-state index in [4.69, 9.17) is 19.5 Å². The first-order chi connectivity index (χ1) is 13.6. The molecule has 0 bridgehead atoms. The summed E-state index contributed by atoms with van der Waals surface area (Å²) in [7, 11) is -4.13. The predicted molar refractivity (Wildman–Crippen MR) is 106 cm³/mol. The van der Waals surface area contributed by atoms with E-state index in [0.717, 1.165) is 5.56 Å². The fourth-order valence-electron chi connectivity index (χ4n) is 2.33. The maximum absolute atomic E-state index is 13.4. The van der Waals surface area contributed by atoms with Crippen molar-refractivity contribution in [3.63, 3.8) is 0 Å². The van der Waals surface area contributed by atoms with Crippen LogP contribution in [0.3, 0.4) is 0 Å². The van der Waals surface area contributed by atoms with Crippen LogP contribution in [0.5, 0.6) is 11.5 Å². The lowest BCUT2D eigenvalue weighted by Gasteiger charge is -2.24. The van der Waals surface area contributed by atoms with Gasteiger partial charge in [0.1, 0.15) is 18.1 Å². The van der Waals surface area contributed by atoms with E-state index < -0.39 is 19.3 Å². The fourth-order valence-corrected chi connectivity index (χ4v) is 3.76. The van der Waals surface area contributed by atoms with Crippen LogP contribution in [0.15, 0.2) is 91.0 Å². The average Bonchev–Trinajstić information content (AvgIpc) is 2.73. The second kappa shape index (κ2) is 9.22. The zero-order valence-electron chi connectivity index (χ0n) is 15.0. The molecule has 7 heteroatoms. The molecule has 3 aromatic rings. The third-order valence-electron chi connectivity index (χ3n) is 3.76. The van der Waals surface area contributed by atoms with Gasteiger partial charge in [-0.1, -0.05) is 66.7 Å². The Morgan fingerprint density at radius 3 is 1.68 bits per heavy atom. The normalized spacial score (nSPS) is 12.0. The molecule has 1 atom stereocenters. The summed E-state index contributed by atoms with van der Waals surface area (Å²) in [5.41, 5.74) is 6.75. The van der Waals surface area contributed by atoms with Gasteiger partial charge in [-0.2, -0.15) is 0 Å².